The molecule has 1 aliphatic carbocycles. The molecule has 25 heavy (non-hydrogen) atoms. The van der Waals surface area contributed by atoms with Gasteiger partial charge in [-0.25, -0.2) is 0 Å². The van der Waals surface area contributed by atoms with Crippen molar-refractivity contribution in [1.82, 2.24) is 9.80 Å². The highest BCUT2D eigenvalue weighted by atomic mass is 16.5. The number of carbonyl (C=O) groups is 1. The van der Waals surface area contributed by atoms with Crippen LogP contribution < -0.4 is 4.74 Å². The fourth-order valence-electron chi connectivity index (χ4n) is 4.12. The largest absolute Gasteiger partial charge is 0.497 e. The Labute approximate surface area is 150 Å². The number of aryl methyl sites for hydroxylation is 1. The Morgan fingerprint density at radius 1 is 1.32 bits per heavy atom. The number of nitrogens with zero attached hydrogens (tertiary/aromatic N) is 2. The van der Waals surface area contributed by atoms with Crippen LogP contribution in [-0.4, -0.2) is 66.8 Å². The van der Waals surface area contributed by atoms with Gasteiger partial charge in [0, 0.05) is 39.1 Å². The second kappa shape index (κ2) is 8.19. The number of aliphatic hydroxyl groups is 1. The molecule has 3 rings (SSSR count). The predicted molar refractivity (Wildman–Crippen MR) is 98.0 cm³/mol. The van der Waals surface area contributed by atoms with Crippen molar-refractivity contribution in [2.45, 2.75) is 44.6 Å². The SMILES string of the molecule is COc1ccc2c(c1)CCC[C@H]2CC(=O)N1CCN(C[C@H](C)O)CC1. The van der Waals surface area contributed by atoms with Crippen molar-refractivity contribution in [3.05, 3.63) is 29.3 Å². The number of methoxy groups -OCH3 is 1. The molecule has 0 radical (unpaired) electrons. The van der Waals surface area contributed by atoms with Crippen molar-refractivity contribution in [3.8, 4) is 5.75 Å². The second-order valence-corrected chi connectivity index (χ2v) is 7.39. The third kappa shape index (κ3) is 4.53. The van der Waals surface area contributed by atoms with Crippen LogP contribution in [0.2, 0.25) is 0 Å². The van der Waals surface area contributed by atoms with Gasteiger partial charge in [-0.15, -0.1) is 0 Å². The van der Waals surface area contributed by atoms with Crippen molar-refractivity contribution in [2.75, 3.05) is 39.8 Å². The molecule has 1 aromatic carbocycles. The molecule has 1 N–H and O–H groups in total. The minimum absolute atomic E-state index is 0.269. The van der Waals surface area contributed by atoms with Crippen LogP contribution in [0.25, 0.3) is 0 Å². The van der Waals surface area contributed by atoms with E-state index in [0.717, 1.165) is 51.2 Å². The fraction of sp³-hybridized carbons (Fsp3) is 0.650. The van der Waals surface area contributed by atoms with Gasteiger partial charge in [0.05, 0.1) is 13.2 Å². The van der Waals surface area contributed by atoms with Crippen LogP contribution in [0.3, 0.4) is 0 Å². The first-order valence-corrected chi connectivity index (χ1v) is 9.42. The van der Waals surface area contributed by atoms with Crippen LogP contribution in [-0.2, 0) is 11.2 Å². The zero-order valence-corrected chi connectivity index (χ0v) is 15.4. The molecule has 0 bridgehead atoms. The van der Waals surface area contributed by atoms with E-state index in [0.29, 0.717) is 18.9 Å². The molecule has 0 unspecified atom stereocenters. The molecule has 2 atom stereocenters. The van der Waals surface area contributed by atoms with Crippen LogP contribution in [0.5, 0.6) is 5.75 Å². The molecule has 1 aliphatic heterocycles. The van der Waals surface area contributed by atoms with E-state index in [9.17, 15) is 9.90 Å². The van der Waals surface area contributed by atoms with Gasteiger partial charge in [0.25, 0.3) is 0 Å². The summed E-state index contributed by atoms with van der Waals surface area (Å²) in [4.78, 5) is 17.0. The zero-order valence-electron chi connectivity index (χ0n) is 15.4. The van der Waals surface area contributed by atoms with Crippen LogP contribution >= 0.6 is 0 Å². The maximum atomic E-state index is 12.8. The van der Waals surface area contributed by atoms with Gasteiger partial charge < -0.3 is 14.7 Å². The first kappa shape index (κ1) is 18.2. The zero-order chi connectivity index (χ0) is 17.8. The lowest BCUT2D eigenvalue weighted by molar-refractivity contribution is -0.133. The van der Waals surface area contributed by atoms with E-state index in [1.807, 2.05) is 17.9 Å². The van der Waals surface area contributed by atoms with Crippen molar-refractivity contribution in [1.29, 1.82) is 0 Å². The van der Waals surface area contributed by atoms with Crippen molar-refractivity contribution in [2.24, 2.45) is 0 Å². The summed E-state index contributed by atoms with van der Waals surface area (Å²) in [6.07, 6.45) is 3.61. The Hall–Kier alpha value is -1.59. The third-order valence-corrected chi connectivity index (χ3v) is 5.46. The minimum atomic E-state index is -0.307. The number of piperazine rings is 1. The molecule has 1 heterocycles. The summed E-state index contributed by atoms with van der Waals surface area (Å²) in [5, 5.41) is 9.50. The van der Waals surface area contributed by atoms with E-state index in [4.69, 9.17) is 4.74 Å². The lowest BCUT2D eigenvalue weighted by Crippen LogP contribution is -2.50. The van der Waals surface area contributed by atoms with Crippen molar-refractivity contribution >= 4 is 5.91 Å². The molecule has 0 aromatic heterocycles. The summed E-state index contributed by atoms with van der Waals surface area (Å²) >= 11 is 0. The molecular weight excluding hydrogens is 316 g/mol. The molecule has 5 heteroatoms. The number of β-amino-alcohol motifs (C(OH)–C–C–N with tert-alkyl or cyclic N) is 1. The van der Waals surface area contributed by atoms with E-state index in [1.54, 1.807) is 7.11 Å². The predicted octanol–water partition coefficient (Wildman–Crippen LogP) is 2.03. The summed E-state index contributed by atoms with van der Waals surface area (Å²) < 4.78 is 5.33. The molecule has 1 amide bonds. The normalized spacial score (nSPS) is 22.4. The average molecular weight is 346 g/mol. The summed E-state index contributed by atoms with van der Waals surface area (Å²) in [5.41, 5.74) is 2.67. The van der Waals surface area contributed by atoms with Crippen LogP contribution in [0, 0.1) is 0 Å². The van der Waals surface area contributed by atoms with E-state index < -0.39 is 0 Å². The Morgan fingerprint density at radius 2 is 2.08 bits per heavy atom. The summed E-state index contributed by atoms with van der Waals surface area (Å²) in [5.74, 6) is 1.50. The third-order valence-electron chi connectivity index (χ3n) is 5.46. The number of amides is 1. The Balaban J connectivity index is 1.58. The van der Waals surface area contributed by atoms with Gasteiger partial charge >= 0.3 is 0 Å². The molecular formula is C20H30N2O3. The fourth-order valence-corrected chi connectivity index (χ4v) is 4.12. The van der Waals surface area contributed by atoms with Gasteiger partial charge in [0.15, 0.2) is 0 Å². The number of benzene rings is 1. The van der Waals surface area contributed by atoms with E-state index >= 15 is 0 Å². The highest BCUT2D eigenvalue weighted by Crippen LogP contribution is 2.36. The number of rotatable bonds is 5. The number of hydrogen-bond donors (Lipinski definition) is 1. The minimum Gasteiger partial charge on any atom is -0.497 e. The number of hydrogen-bond acceptors (Lipinski definition) is 4. The number of fused-ring (bicyclic) bond motifs is 1. The lowest BCUT2D eigenvalue weighted by atomic mass is 9.80. The number of carbonyl (C=O) groups excluding carboxylic acids is 1. The summed E-state index contributed by atoms with van der Waals surface area (Å²) in [6, 6.07) is 6.28. The molecule has 0 spiro atoms. The molecule has 0 saturated carbocycles. The average Bonchev–Trinajstić information content (AvgIpc) is 2.61. The molecule has 1 aromatic rings. The maximum Gasteiger partial charge on any atom is 0.223 e. The Bertz CT molecular complexity index is 595. The van der Waals surface area contributed by atoms with Gasteiger partial charge in [-0.1, -0.05) is 6.07 Å². The first-order valence-electron chi connectivity index (χ1n) is 9.42. The van der Waals surface area contributed by atoms with Gasteiger partial charge in [0.2, 0.25) is 5.91 Å². The number of aliphatic hydroxyl groups excluding tert-OH is 1. The van der Waals surface area contributed by atoms with Crippen LogP contribution in [0.1, 0.15) is 43.2 Å². The van der Waals surface area contributed by atoms with Gasteiger partial charge in [-0.05, 0) is 55.4 Å². The van der Waals surface area contributed by atoms with E-state index in [-0.39, 0.29) is 12.0 Å². The molecule has 5 nitrogen and oxygen atoms in total. The Morgan fingerprint density at radius 3 is 2.76 bits per heavy atom. The highest BCUT2D eigenvalue weighted by Gasteiger charge is 2.27. The quantitative estimate of drug-likeness (QED) is 0.886. The topological polar surface area (TPSA) is 53.0 Å². The molecule has 138 valence electrons. The lowest BCUT2D eigenvalue weighted by Gasteiger charge is -2.36. The summed E-state index contributed by atoms with van der Waals surface area (Å²) in [6.45, 7) is 5.76. The smallest absolute Gasteiger partial charge is 0.223 e. The van der Waals surface area contributed by atoms with Gasteiger partial charge in [-0.3, -0.25) is 9.69 Å². The monoisotopic (exact) mass is 346 g/mol. The Kier molecular flexibility index (Phi) is 5.97. The maximum absolute atomic E-state index is 12.8. The van der Waals surface area contributed by atoms with Gasteiger partial charge in [-0.2, -0.15) is 0 Å². The standard InChI is InChI=1S/C20H30N2O3/c1-15(23)14-21-8-10-22(11-9-21)20(24)13-17-5-3-4-16-12-18(25-2)6-7-19(16)17/h6-7,12,15,17,23H,3-5,8-11,13-14H2,1-2H3/t15-,17-/m0/s1. The van der Waals surface area contributed by atoms with Crippen LogP contribution in [0.4, 0.5) is 0 Å². The number of ether oxygens (including phenoxy) is 1. The summed E-state index contributed by atoms with van der Waals surface area (Å²) in [7, 11) is 1.70. The molecule has 1 saturated heterocycles. The first-order chi connectivity index (χ1) is 12.1. The van der Waals surface area contributed by atoms with Gasteiger partial charge in [0.1, 0.15) is 5.75 Å². The van der Waals surface area contributed by atoms with E-state index in [1.165, 1.54) is 11.1 Å². The second-order valence-electron chi connectivity index (χ2n) is 7.39. The van der Waals surface area contributed by atoms with Crippen LogP contribution in [0.15, 0.2) is 18.2 Å². The van der Waals surface area contributed by atoms with E-state index in [2.05, 4.69) is 17.0 Å². The van der Waals surface area contributed by atoms with Crippen molar-refractivity contribution in [3.63, 3.8) is 0 Å². The molecule has 2 aliphatic rings. The highest BCUT2D eigenvalue weighted by molar-refractivity contribution is 5.77. The molecule has 1 fully saturated rings. The van der Waals surface area contributed by atoms with Crippen molar-refractivity contribution < 1.29 is 14.6 Å².